The van der Waals surface area contributed by atoms with E-state index in [9.17, 15) is 0 Å². The zero-order chi connectivity index (χ0) is 11.0. The zero-order valence-corrected chi connectivity index (χ0v) is 9.55. The summed E-state index contributed by atoms with van der Waals surface area (Å²) in [5.74, 6) is 1.37. The molecule has 0 bridgehead atoms. The molecule has 0 amide bonds. The summed E-state index contributed by atoms with van der Waals surface area (Å²) < 4.78 is 0. The monoisotopic (exact) mass is 232 g/mol. The van der Waals surface area contributed by atoms with Gasteiger partial charge in [0.25, 0.3) is 0 Å². The van der Waals surface area contributed by atoms with Crippen LogP contribution in [-0.4, -0.2) is 16.5 Å². The summed E-state index contributed by atoms with van der Waals surface area (Å²) >= 11 is 1.64. The average Bonchev–Trinajstić information content (AvgIpc) is 2.82. The molecule has 2 aromatic heterocycles. The Labute approximate surface area is 97.5 Å². The fourth-order valence-electron chi connectivity index (χ4n) is 1.89. The molecule has 0 unspecified atom stereocenters. The lowest BCUT2D eigenvalue weighted by Crippen LogP contribution is -2.26. The van der Waals surface area contributed by atoms with Gasteiger partial charge in [-0.05, 0) is 11.4 Å². The highest BCUT2D eigenvalue weighted by molar-refractivity contribution is 7.13. The minimum atomic E-state index is 0.612. The Morgan fingerprint density at radius 1 is 1.38 bits per heavy atom. The van der Waals surface area contributed by atoms with Crippen LogP contribution in [0, 0.1) is 0 Å². The predicted octanol–water partition coefficient (Wildman–Crippen LogP) is 1.43. The van der Waals surface area contributed by atoms with Crippen molar-refractivity contribution < 1.29 is 0 Å². The number of anilines is 1. The summed E-state index contributed by atoms with van der Waals surface area (Å²) in [6.45, 7) is 1.75. The van der Waals surface area contributed by atoms with E-state index in [-0.39, 0.29) is 0 Å². The lowest BCUT2D eigenvalue weighted by molar-refractivity contribution is 0.629. The second-order valence-electron chi connectivity index (χ2n) is 3.76. The Morgan fingerprint density at radius 2 is 2.31 bits per heavy atom. The first-order valence-electron chi connectivity index (χ1n) is 5.24. The van der Waals surface area contributed by atoms with Crippen molar-refractivity contribution in [3.05, 3.63) is 28.8 Å². The first kappa shape index (κ1) is 9.74. The number of nitrogens with zero attached hydrogens (tertiary/aromatic N) is 2. The number of thiophene rings is 1. The highest BCUT2D eigenvalue weighted by atomic mass is 32.1. The molecule has 16 heavy (non-hydrogen) atoms. The maximum absolute atomic E-state index is 5.96. The van der Waals surface area contributed by atoms with Gasteiger partial charge >= 0.3 is 0 Å². The molecule has 1 aliphatic heterocycles. The van der Waals surface area contributed by atoms with Crippen molar-refractivity contribution in [2.75, 3.05) is 12.3 Å². The third-order valence-corrected chi connectivity index (χ3v) is 3.57. The second-order valence-corrected chi connectivity index (χ2v) is 4.71. The van der Waals surface area contributed by atoms with Gasteiger partial charge in [0.1, 0.15) is 5.82 Å². The number of hydrogen-bond acceptors (Lipinski definition) is 5. The summed E-state index contributed by atoms with van der Waals surface area (Å²) in [6.07, 6.45) is 0.931. The molecule has 3 heterocycles. The van der Waals surface area contributed by atoms with E-state index >= 15 is 0 Å². The van der Waals surface area contributed by atoms with E-state index < -0.39 is 0 Å². The lowest BCUT2D eigenvalue weighted by atomic mass is 10.1. The van der Waals surface area contributed by atoms with Crippen molar-refractivity contribution >= 4 is 17.2 Å². The van der Waals surface area contributed by atoms with Crippen molar-refractivity contribution in [2.24, 2.45) is 0 Å². The molecule has 0 atom stereocenters. The number of nitrogen functional groups attached to an aromatic ring is 1. The third-order valence-electron chi connectivity index (χ3n) is 2.71. The maximum Gasteiger partial charge on any atom is 0.171 e. The van der Waals surface area contributed by atoms with Crippen LogP contribution in [-0.2, 0) is 13.0 Å². The molecule has 0 saturated carbocycles. The van der Waals surface area contributed by atoms with Crippen molar-refractivity contribution in [1.82, 2.24) is 15.3 Å². The summed E-state index contributed by atoms with van der Waals surface area (Å²) in [6, 6.07) is 4.02. The van der Waals surface area contributed by atoms with Gasteiger partial charge in [0, 0.05) is 25.1 Å². The molecule has 0 spiro atoms. The van der Waals surface area contributed by atoms with Crippen LogP contribution in [0.25, 0.3) is 10.7 Å². The molecule has 0 aromatic carbocycles. The molecule has 1 aliphatic rings. The summed E-state index contributed by atoms with van der Waals surface area (Å²) in [5.41, 5.74) is 8.12. The van der Waals surface area contributed by atoms with Crippen LogP contribution in [0.3, 0.4) is 0 Å². The van der Waals surface area contributed by atoms with Gasteiger partial charge in [-0.1, -0.05) is 6.07 Å². The van der Waals surface area contributed by atoms with E-state index in [1.54, 1.807) is 11.3 Å². The van der Waals surface area contributed by atoms with Gasteiger partial charge in [-0.25, -0.2) is 9.97 Å². The molecular weight excluding hydrogens is 220 g/mol. The minimum Gasteiger partial charge on any atom is -0.383 e. The van der Waals surface area contributed by atoms with E-state index in [2.05, 4.69) is 15.3 Å². The van der Waals surface area contributed by atoms with Gasteiger partial charge in [-0.2, -0.15) is 0 Å². The number of hydrogen-bond donors (Lipinski definition) is 2. The van der Waals surface area contributed by atoms with Crippen molar-refractivity contribution in [3.63, 3.8) is 0 Å². The predicted molar refractivity (Wildman–Crippen MR) is 65.2 cm³/mol. The molecule has 82 valence electrons. The van der Waals surface area contributed by atoms with Gasteiger partial charge < -0.3 is 11.1 Å². The van der Waals surface area contributed by atoms with Gasteiger partial charge in [0.15, 0.2) is 5.82 Å². The molecule has 2 aromatic rings. The Kier molecular flexibility index (Phi) is 2.34. The van der Waals surface area contributed by atoms with E-state index in [1.165, 1.54) is 0 Å². The Balaban J connectivity index is 2.12. The molecule has 5 heteroatoms. The van der Waals surface area contributed by atoms with Gasteiger partial charge in [0.05, 0.1) is 10.6 Å². The van der Waals surface area contributed by atoms with E-state index in [4.69, 9.17) is 5.73 Å². The largest absolute Gasteiger partial charge is 0.383 e. The van der Waals surface area contributed by atoms with Crippen LogP contribution in [0.4, 0.5) is 5.82 Å². The van der Waals surface area contributed by atoms with Gasteiger partial charge in [-0.3, -0.25) is 0 Å². The van der Waals surface area contributed by atoms with E-state index in [0.717, 1.165) is 41.5 Å². The third kappa shape index (κ3) is 1.58. The summed E-state index contributed by atoms with van der Waals surface area (Å²) in [5, 5.41) is 5.30. The van der Waals surface area contributed by atoms with Crippen molar-refractivity contribution in [2.45, 2.75) is 13.0 Å². The van der Waals surface area contributed by atoms with Crippen LogP contribution in [0.1, 0.15) is 11.3 Å². The molecule has 3 N–H and O–H groups in total. The normalized spacial score (nSPS) is 14.8. The molecule has 3 rings (SSSR count). The zero-order valence-electron chi connectivity index (χ0n) is 8.73. The number of rotatable bonds is 1. The number of nitrogens with one attached hydrogen (secondary N) is 1. The van der Waals surface area contributed by atoms with Crippen molar-refractivity contribution in [3.8, 4) is 10.7 Å². The van der Waals surface area contributed by atoms with Crippen LogP contribution in [0.15, 0.2) is 17.5 Å². The number of aromatic nitrogens is 2. The molecule has 0 fully saturated rings. The molecular formula is C11H12N4S. The quantitative estimate of drug-likeness (QED) is 0.780. The number of fused-ring (bicyclic) bond motifs is 1. The summed E-state index contributed by atoms with van der Waals surface area (Å²) in [7, 11) is 0. The Hall–Kier alpha value is -1.46. The first-order valence-corrected chi connectivity index (χ1v) is 6.12. The first-order chi connectivity index (χ1) is 7.84. The van der Waals surface area contributed by atoms with Crippen molar-refractivity contribution in [1.29, 1.82) is 0 Å². The Morgan fingerprint density at radius 3 is 3.12 bits per heavy atom. The molecule has 0 saturated heterocycles. The van der Waals surface area contributed by atoms with Gasteiger partial charge in [-0.15, -0.1) is 11.3 Å². The molecule has 0 aliphatic carbocycles. The smallest absolute Gasteiger partial charge is 0.171 e. The molecule has 4 nitrogen and oxygen atoms in total. The fourth-order valence-corrected chi connectivity index (χ4v) is 2.54. The van der Waals surface area contributed by atoms with Crippen LogP contribution < -0.4 is 11.1 Å². The van der Waals surface area contributed by atoms with Crippen LogP contribution in [0.5, 0.6) is 0 Å². The Bertz CT molecular complexity index is 507. The summed E-state index contributed by atoms with van der Waals surface area (Å²) in [4.78, 5) is 10.0. The standard InChI is InChI=1S/C11H12N4S/c12-10-7-6-13-4-3-8(7)14-11(15-10)9-2-1-5-16-9/h1-2,5,13H,3-4,6H2,(H2,12,14,15). The topological polar surface area (TPSA) is 63.8 Å². The number of nitrogens with two attached hydrogens (primary N) is 1. The van der Waals surface area contributed by atoms with E-state index in [0.29, 0.717) is 5.82 Å². The van der Waals surface area contributed by atoms with Crippen LogP contribution in [0.2, 0.25) is 0 Å². The SMILES string of the molecule is Nc1nc(-c2cccs2)nc2c1CNCC2. The van der Waals surface area contributed by atoms with Crippen LogP contribution >= 0.6 is 11.3 Å². The van der Waals surface area contributed by atoms with E-state index in [1.807, 2.05) is 17.5 Å². The fraction of sp³-hybridized carbons (Fsp3) is 0.273. The van der Waals surface area contributed by atoms with Gasteiger partial charge in [0.2, 0.25) is 0 Å². The average molecular weight is 232 g/mol. The maximum atomic E-state index is 5.96. The molecule has 0 radical (unpaired) electrons. The highest BCUT2D eigenvalue weighted by Gasteiger charge is 2.16. The lowest BCUT2D eigenvalue weighted by Gasteiger charge is -2.17. The second kappa shape index (κ2) is 3.84. The minimum absolute atomic E-state index is 0.612. The highest BCUT2D eigenvalue weighted by Crippen LogP contribution is 2.25.